The molecule has 0 spiro atoms. The first-order valence-electron chi connectivity index (χ1n) is 17.4. The average Bonchev–Trinajstić information content (AvgIpc) is 3.89. The number of hydrogen-bond acceptors (Lipinski definition) is 4. The van der Waals surface area contributed by atoms with Crippen molar-refractivity contribution in [1.29, 1.82) is 0 Å². The molecule has 0 radical (unpaired) electrons. The maximum Gasteiger partial charge on any atom is 0.124 e. The molecule has 2 aromatic heterocycles. The first-order chi connectivity index (χ1) is 24.5. The standard InChI is InChI=1S/C46H32N2S2/c1-46(2)38-18-5-3-14-32(38)33-22-20-30(25-39(33)46)48(31-21-23-35-34-15-4-6-19-40(34)49-41(35)26-31)29-13-7-12-28(24-29)45-47-43-36-16-8-10-27-11-9-17-37(42(27)36)44(43)50-45/h3-21,23-26,33H,22H2,1-2H3. The fourth-order valence-electron chi connectivity index (χ4n) is 8.89. The number of hydrogen-bond donors (Lipinski definition) is 0. The molecule has 1 atom stereocenters. The van der Waals surface area contributed by atoms with Crippen LogP contribution < -0.4 is 4.90 Å². The van der Waals surface area contributed by atoms with Crippen molar-refractivity contribution in [3.63, 3.8) is 0 Å². The average molecular weight is 677 g/mol. The Labute approximate surface area is 299 Å². The number of nitrogens with zero attached hydrogens (tertiary/aromatic N) is 2. The molecule has 2 nitrogen and oxygen atoms in total. The number of aromatic nitrogens is 1. The lowest BCUT2D eigenvalue weighted by Crippen LogP contribution is -2.22. The summed E-state index contributed by atoms with van der Waals surface area (Å²) in [4.78, 5) is 9.07. The van der Waals surface area contributed by atoms with Gasteiger partial charge in [0, 0.05) is 65.3 Å². The molecule has 3 aliphatic carbocycles. The highest BCUT2D eigenvalue weighted by molar-refractivity contribution is 7.25. The molecule has 4 heteroatoms. The van der Waals surface area contributed by atoms with Crippen molar-refractivity contribution in [2.24, 2.45) is 0 Å². The van der Waals surface area contributed by atoms with Gasteiger partial charge in [0.15, 0.2) is 0 Å². The molecule has 0 saturated carbocycles. The second-order valence-corrected chi connectivity index (χ2v) is 16.4. The van der Waals surface area contributed by atoms with Gasteiger partial charge in [0.25, 0.3) is 0 Å². The van der Waals surface area contributed by atoms with Crippen molar-refractivity contribution in [1.82, 2.24) is 4.98 Å². The van der Waals surface area contributed by atoms with E-state index in [2.05, 4.69) is 158 Å². The van der Waals surface area contributed by atoms with E-state index in [-0.39, 0.29) is 5.41 Å². The summed E-state index contributed by atoms with van der Waals surface area (Å²) in [5, 5.41) is 6.32. The Balaban J connectivity index is 1.06. The topological polar surface area (TPSA) is 16.1 Å². The van der Waals surface area contributed by atoms with Crippen LogP contribution in [-0.4, -0.2) is 4.98 Å². The van der Waals surface area contributed by atoms with Crippen LogP contribution in [0.4, 0.5) is 11.4 Å². The lowest BCUT2D eigenvalue weighted by atomic mass is 9.78. The van der Waals surface area contributed by atoms with Gasteiger partial charge in [-0.2, -0.15) is 0 Å². The minimum Gasteiger partial charge on any atom is -0.311 e. The number of rotatable bonds is 4. The maximum atomic E-state index is 5.31. The van der Waals surface area contributed by atoms with Crippen LogP contribution in [0.15, 0.2) is 151 Å². The van der Waals surface area contributed by atoms with Gasteiger partial charge in [0.05, 0.1) is 10.6 Å². The number of thiazole rings is 1. The fourth-order valence-corrected chi connectivity index (χ4v) is 11.1. The summed E-state index contributed by atoms with van der Waals surface area (Å²) in [5.41, 5.74) is 12.8. The molecule has 3 aliphatic rings. The van der Waals surface area contributed by atoms with E-state index in [1.165, 1.54) is 75.0 Å². The van der Waals surface area contributed by atoms with E-state index in [9.17, 15) is 0 Å². The van der Waals surface area contributed by atoms with E-state index in [0.717, 1.165) is 28.4 Å². The van der Waals surface area contributed by atoms with Crippen molar-refractivity contribution < 1.29 is 0 Å². The number of fused-ring (bicyclic) bond motifs is 9. The minimum atomic E-state index is -0.0235. The summed E-state index contributed by atoms with van der Waals surface area (Å²) in [6.45, 7) is 4.80. The molecule has 1 unspecified atom stereocenters. The Bertz CT molecular complexity index is 2740. The van der Waals surface area contributed by atoms with Crippen LogP contribution in [0.5, 0.6) is 0 Å². The van der Waals surface area contributed by atoms with Gasteiger partial charge >= 0.3 is 0 Å². The van der Waals surface area contributed by atoms with Crippen LogP contribution in [0, 0.1) is 0 Å². The van der Waals surface area contributed by atoms with Gasteiger partial charge in [-0.15, -0.1) is 22.7 Å². The molecular weight excluding hydrogens is 645 g/mol. The number of anilines is 2. The molecule has 0 aliphatic heterocycles. The van der Waals surface area contributed by atoms with E-state index in [1.54, 1.807) is 0 Å². The molecule has 50 heavy (non-hydrogen) atoms. The van der Waals surface area contributed by atoms with Gasteiger partial charge in [-0.05, 0) is 64.7 Å². The van der Waals surface area contributed by atoms with E-state index >= 15 is 0 Å². The third kappa shape index (κ3) is 3.98. The van der Waals surface area contributed by atoms with E-state index in [1.807, 2.05) is 22.7 Å². The molecule has 6 aromatic carbocycles. The van der Waals surface area contributed by atoms with Crippen LogP contribution in [0.1, 0.15) is 37.3 Å². The molecule has 0 bridgehead atoms. The van der Waals surface area contributed by atoms with E-state index in [4.69, 9.17) is 4.98 Å². The molecular formula is C46H32N2S2. The Morgan fingerprint density at radius 2 is 1.48 bits per heavy atom. The van der Waals surface area contributed by atoms with Crippen LogP contribution in [-0.2, 0) is 5.41 Å². The zero-order chi connectivity index (χ0) is 33.1. The zero-order valence-electron chi connectivity index (χ0n) is 27.8. The number of allylic oxidation sites excluding steroid dienone is 3. The van der Waals surface area contributed by atoms with E-state index < -0.39 is 0 Å². The van der Waals surface area contributed by atoms with Crippen molar-refractivity contribution in [3.05, 3.63) is 162 Å². The Hall–Kier alpha value is -5.29. The SMILES string of the molecule is CC1(C)C2=CC(N(c3cccc(-c4nc5c(s4)-c4cccc6cccc-5c46)c3)c3ccc4c(c3)sc3ccccc34)=CCC2c2ccccc21. The predicted molar refractivity (Wildman–Crippen MR) is 214 cm³/mol. The Kier molecular flexibility index (Phi) is 5.92. The van der Waals surface area contributed by atoms with Crippen molar-refractivity contribution in [2.45, 2.75) is 31.6 Å². The van der Waals surface area contributed by atoms with Gasteiger partial charge < -0.3 is 4.90 Å². The summed E-state index contributed by atoms with van der Waals surface area (Å²) in [6, 6.07) is 47.1. The molecule has 11 rings (SSSR count). The third-order valence-electron chi connectivity index (χ3n) is 11.2. The second kappa shape index (κ2) is 10.4. The smallest absolute Gasteiger partial charge is 0.124 e. The summed E-state index contributed by atoms with van der Waals surface area (Å²) < 4.78 is 2.64. The summed E-state index contributed by atoms with van der Waals surface area (Å²) in [5.74, 6) is 0.424. The molecule has 2 heterocycles. The quantitative estimate of drug-likeness (QED) is 0.184. The van der Waals surface area contributed by atoms with Crippen molar-refractivity contribution >= 4 is 65.0 Å². The first kappa shape index (κ1) is 28.5. The molecule has 0 saturated heterocycles. The predicted octanol–water partition coefficient (Wildman–Crippen LogP) is 13.4. The molecule has 238 valence electrons. The minimum absolute atomic E-state index is 0.0235. The van der Waals surface area contributed by atoms with Gasteiger partial charge in [-0.3, -0.25) is 0 Å². The van der Waals surface area contributed by atoms with Crippen molar-refractivity contribution in [2.75, 3.05) is 4.90 Å². The Morgan fingerprint density at radius 3 is 2.40 bits per heavy atom. The highest BCUT2D eigenvalue weighted by Crippen LogP contribution is 2.55. The monoisotopic (exact) mass is 676 g/mol. The maximum absolute atomic E-state index is 5.31. The Morgan fingerprint density at radius 1 is 0.700 bits per heavy atom. The van der Waals surface area contributed by atoms with Gasteiger partial charge in [0.2, 0.25) is 0 Å². The van der Waals surface area contributed by atoms with Crippen molar-refractivity contribution in [3.8, 4) is 32.3 Å². The number of thiophene rings is 1. The number of benzene rings is 6. The second-order valence-electron chi connectivity index (χ2n) is 14.3. The molecule has 0 fully saturated rings. The highest BCUT2D eigenvalue weighted by Gasteiger charge is 2.42. The van der Waals surface area contributed by atoms with E-state index in [0.29, 0.717) is 5.92 Å². The molecule has 0 N–H and O–H groups in total. The summed E-state index contributed by atoms with van der Waals surface area (Å²) >= 11 is 3.69. The summed E-state index contributed by atoms with van der Waals surface area (Å²) in [7, 11) is 0. The summed E-state index contributed by atoms with van der Waals surface area (Å²) in [6.07, 6.45) is 5.95. The highest BCUT2D eigenvalue weighted by atomic mass is 32.1. The van der Waals surface area contributed by atoms with Crippen LogP contribution in [0.3, 0.4) is 0 Å². The van der Waals surface area contributed by atoms with Gasteiger partial charge in [-0.25, -0.2) is 4.98 Å². The van der Waals surface area contributed by atoms with Gasteiger partial charge in [-0.1, -0.05) is 123 Å². The third-order valence-corrected chi connectivity index (χ3v) is 13.5. The normalized spacial score (nSPS) is 16.7. The van der Waals surface area contributed by atoms with Gasteiger partial charge in [0.1, 0.15) is 5.01 Å². The van der Waals surface area contributed by atoms with Crippen LogP contribution in [0.2, 0.25) is 0 Å². The van der Waals surface area contributed by atoms with Crippen LogP contribution >= 0.6 is 22.7 Å². The largest absolute Gasteiger partial charge is 0.311 e. The lowest BCUT2D eigenvalue weighted by Gasteiger charge is -2.33. The molecule has 8 aromatic rings. The van der Waals surface area contributed by atoms with Crippen LogP contribution in [0.25, 0.3) is 63.2 Å². The zero-order valence-corrected chi connectivity index (χ0v) is 29.4. The fraction of sp³-hybridized carbons (Fsp3) is 0.109. The molecule has 0 amide bonds. The first-order valence-corrected chi connectivity index (χ1v) is 19.0. The lowest BCUT2D eigenvalue weighted by molar-refractivity contribution is 0.609.